The van der Waals surface area contributed by atoms with Crippen molar-refractivity contribution >= 4 is 11.3 Å². The second-order valence-electron chi connectivity index (χ2n) is 3.46. The summed E-state index contributed by atoms with van der Waals surface area (Å²) in [5, 5.41) is 11.8. The second-order valence-corrected chi connectivity index (χ2v) is 4.24. The van der Waals surface area contributed by atoms with E-state index in [1.54, 1.807) is 11.3 Å². The summed E-state index contributed by atoms with van der Waals surface area (Å²) in [5.41, 5.74) is 2.64. The number of hydrogen-bond acceptors (Lipinski definition) is 3. The minimum atomic E-state index is 0.879. The third-order valence-corrected chi connectivity index (χ3v) is 3.09. The van der Waals surface area contributed by atoms with Gasteiger partial charge in [-0.2, -0.15) is 16.4 Å². The molecule has 2 aromatic heterocycles. The summed E-state index contributed by atoms with van der Waals surface area (Å²) in [6.07, 6.45) is 2.92. The topological polar surface area (TPSA) is 29.9 Å². The average Bonchev–Trinajstić information content (AvgIpc) is 2.85. The normalized spacial score (nSPS) is 10.7. The van der Waals surface area contributed by atoms with Crippen LogP contribution < -0.4 is 5.32 Å². The minimum absolute atomic E-state index is 0.879. The Balaban J connectivity index is 1.95. The summed E-state index contributed by atoms with van der Waals surface area (Å²) in [4.78, 5) is 0. The Labute approximate surface area is 93.7 Å². The number of rotatable bonds is 5. The van der Waals surface area contributed by atoms with Gasteiger partial charge in [-0.25, -0.2) is 0 Å². The highest BCUT2D eigenvalue weighted by Gasteiger charge is 2.01. The summed E-state index contributed by atoms with van der Waals surface area (Å²) in [5.74, 6) is 0. The SMILES string of the molecule is CNCc1ccnn1CCc1ccsc1. The molecule has 4 heteroatoms. The second kappa shape index (κ2) is 5.09. The highest BCUT2D eigenvalue weighted by Crippen LogP contribution is 2.08. The molecule has 0 bridgehead atoms. The molecule has 0 saturated carbocycles. The molecular weight excluding hydrogens is 206 g/mol. The molecule has 0 aliphatic carbocycles. The zero-order valence-corrected chi connectivity index (χ0v) is 9.63. The summed E-state index contributed by atoms with van der Waals surface area (Å²) in [6, 6.07) is 4.23. The highest BCUT2D eigenvalue weighted by atomic mass is 32.1. The number of aryl methyl sites for hydroxylation is 2. The first-order chi connectivity index (χ1) is 7.40. The molecule has 0 amide bonds. The fraction of sp³-hybridized carbons (Fsp3) is 0.364. The first kappa shape index (κ1) is 10.4. The first-order valence-electron chi connectivity index (χ1n) is 5.06. The van der Waals surface area contributed by atoms with Crippen molar-refractivity contribution in [1.82, 2.24) is 15.1 Å². The molecule has 0 fully saturated rings. The van der Waals surface area contributed by atoms with Gasteiger partial charge in [0.25, 0.3) is 0 Å². The van der Waals surface area contributed by atoms with Gasteiger partial charge < -0.3 is 5.32 Å². The van der Waals surface area contributed by atoms with E-state index in [0.29, 0.717) is 0 Å². The van der Waals surface area contributed by atoms with Crippen molar-refractivity contribution in [3.63, 3.8) is 0 Å². The molecule has 2 heterocycles. The van der Waals surface area contributed by atoms with E-state index in [1.807, 2.05) is 13.2 Å². The summed E-state index contributed by atoms with van der Waals surface area (Å²) in [6.45, 7) is 1.84. The number of hydrogen-bond donors (Lipinski definition) is 1. The zero-order valence-electron chi connectivity index (χ0n) is 8.81. The predicted octanol–water partition coefficient (Wildman–Crippen LogP) is 1.91. The smallest absolute Gasteiger partial charge is 0.0522 e. The molecule has 0 unspecified atom stereocenters. The molecule has 0 atom stereocenters. The Bertz CT molecular complexity index is 392. The lowest BCUT2D eigenvalue weighted by atomic mass is 10.2. The van der Waals surface area contributed by atoms with Crippen LogP contribution in [0.2, 0.25) is 0 Å². The molecule has 0 saturated heterocycles. The standard InChI is InChI=1S/C11H15N3S/c1-12-8-11-2-5-13-14(11)6-3-10-4-7-15-9-10/h2,4-5,7,9,12H,3,6,8H2,1H3. The van der Waals surface area contributed by atoms with Gasteiger partial charge in [0.15, 0.2) is 0 Å². The number of thiophene rings is 1. The summed E-state index contributed by atoms with van der Waals surface area (Å²) in [7, 11) is 1.95. The molecule has 80 valence electrons. The maximum absolute atomic E-state index is 4.31. The third kappa shape index (κ3) is 2.67. The Kier molecular flexibility index (Phi) is 3.53. The average molecular weight is 221 g/mol. The van der Waals surface area contributed by atoms with Crippen LogP contribution in [0.1, 0.15) is 11.3 Å². The van der Waals surface area contributed by atoms with Crippen LogP contribution in [0.3, 0.4) is 0 Å². The van der Waals surface area contributed by atoms with E-state index in [2.05, 4.69) is 38.0 Å². The van der Waals surface area contributed by atoms with Crippen LogP contribution in [0, 0.1) is 0 Å². The van der Waals surface area contributed by atoms with Gasteiger partial charge in [-0.1, -0.05) is 0 Å². The van der Waals surface area contributed by atoms with Gasteiger partial charge in [-0.3, -0.25) is 4.68 Å². The minimum Gasteiger partial charge on any atom is -0.314 e. The maximum Gasteiger partial charge on any atom is 0.0522 e. The molecule has 0 aliphatic heterocycles. The Morgan fingerprint density at radius 2 is 2.40 bits per heavy atom. The lowest BCUT2D eigenvalue weighted by Gasteiger charge is -2.05. The Hall–Kier alpha value is -1.13. The van der Waals surface area contributed by atoms with E-state index < -0.39 is 0 Å². The predicted molar refractivity (Wildman–Crippen MR) is 63.0 cm³/mol. The molecule has 0 radical (unpaired) electrons. The largest absolute Gasteiger partial charge is 0.314 e. The van der Waals surface area contributed by atoms with Gasteiger partial charge in [-0.15, -0.1) is 0 Å². The molecule has 2 rings (SSSR count). The Morgan fingerprint density at radius 1 is 1.47 bits per heavy atom. The molecule has 15 heavy (non-hydrogen) atoms. The molecule has 0 spiro atoms. The van der Waals surface area contributed by atoms with Crippen LogP contribution in [0.5, 0.6) is 0 Å². The van der Waals surface area contributed by atoms with E-state index in [1.165, 1.54) is 11.3 Å². The van der Waals surface area contributed by atoms with E-state index in [-0.39, 0.29) is 0 Å². The van der Waals surface area contributed by atoms with Gasteiger partial charge in [0.2, 0.25) is 0 Å². The molecule has 2 aromatic rings. The summed E-state index contributed by atoms with van der Waals surface area (Å²) >= 11 is 1.75. The van der Waals surface area contributed by atoms with Crippen LogP contribution in [-0.4, -0.2) is 16.8 Å². The quantitative estimate of drug-likeness (QED) is 0.836. The molecular formula is C11H15N3S. The van der Waals surface area contributed by atoms with Crippen molar-refractivity contribution in [3.05, 3.63) is 40.3 Å². The fourth-order valence-electron chi connectivity index (χ4n) is 1.56. The lowest BCUT2D eigenvalue weighted by molar-refractivity contribution is 0.572. The van der Waals surface area contributed by atoms with Crippen LogP contribution in [0.4, 0.5) is 0 Å². The van der Waals surface area contributed by atoms with Gasteiger partial charge in [0.05, 0.1) is 5.69 Å². The van der Waals surface area contributed by atoms with Gasteiger partial charge in [0, 0.05) is 19.3 Å². The van der Waals surface area contributed by atoms with Gasteiger partial charge >= 0.3 is 0 Å². The molecule has 0 aromatic carbocycles. The van der Waals surface area contributed by atoms with Crippen molar-refractivity contribution < 1.29 is 0 Å². The fourth-order valence-corrected chi connectivity index (χ4v) is 2.27. The van der Waals surface area contributed by atoms with Gasteiger partial charge in [0.1, 0.15) is 0 Å². The van der Waals surface area contributed by atoms with E-state index >= 15 is 0 Å². The monoisotopic (exact) mass is 221 g/mol. The number of nitrogens with zero attached hydrogens (tertiary/aromatic N) is 2. The van der Waals surface area contributed by atoms with E-state index in [9.17, 15) is 0 Å². The van der Waals surface area contributed by atoms with Crippen LogP contribution in [-0.2, 0) is 19.5 Å². The van der Waals surface area contributed by atoms with Crippen LogP contribution >= 0.6 is 11.3 Å². The zero-order chi connectivity index (χ0) is 10.5. The Morgan fingerprint density at radius 3 is 3.13 bits per heavy atom. The van der Waals surface area contributed by atoms with Crippen LogP contribution in [0.15, 0.2) is 29.1 Å². The van der Waals surface area contributed by atoms with E-state index in [0.717, 1.165) is 19.5 Å². The van der Waals surface area contributed by atoms with E-state index in [4.69, 9.17) is 0 Å². The van der Waals surface area contributed by atoms with Crippen molar-refractivity contribution in [2.75, 3.05) is 7.05 Å². The van der Waals surface area contributed by atoms with Crippen molar-refractivity contribution in [2.45, 2.75) is 19.5 Å². The van der Waals surface area contributed by atoms with Crippen molar-refractivity contribution in [3.8, 4) is 0 Å². The third-order valence-electron chi connectivity index (χ3n) is 2.35. The van der Waals surface area contributed by atoms with Gasteiger partial charge in [-0.05, 0) is 41.9 Å². The maximum atomic E-state index is 4.31. The van der Waals surface area contributed by atoms with Crippen LogP contribution in [0.25, 0.3) is 0 Å². The number of aromatic nitrogens is 2. The van der Waals surface area contributed by atoms with Crippen molar-refractivity contribution in [1.29, 1.82) is 0 Å². The highest BCUT2D eigenvalue weighted by molar-refractivity contribution is 7.07. The first-order valence-corrected chi connectivity index (χ1v) is 6.01. The number of nitrogens with one attached hydrogen (secondary N) is 1. The van der Waals surface area contributed by atoms with Crippen molar-refractivity contribution in [2.24, 2.45) is 0 Å². The molecule has 1 N–H and O–H groups in total. The molecule has 3 nitrogen and oxygen atoms in total. The lowest BCUT2D eigenvalue weighted by Crippen LogP contribution is -2.13. The summed E-state index contributed by atoms with van der Waals surface area (Å²) < 4.78 is 2.06. The molecule has 0 aliphatic rings.